The molecule has 0 saturated heterocycles. The molecule has 6 heterocycles. The summed E-state index contributed by atoms with van der Waals surface area (Å²) < 4.78 is 13.3. The summed E-state index contributed by atoms with van der Waals surface area (Å²) in [5.41, 5.74) is 2.05. The van der Waals surface area contributed by atoms with Crippen LogP contribution >= 0.6 is 0 Å². The van der Waals surface area contributed by atoms with Crippen molar-refractivity contribution >= 4 is 23.1 Å². The Labute approximate surface area is 196 Å². The molecule has 1 N–H and O–H groups in total. The van der Waals surface area contributed by atoms with Gasteiger partial charge in [0.25, 0.3) is 5.91 Å². The largest absolute Gasteiger partial charge is 0.494 e. The van der Waals surface area contributed by atoms with Crippen LogP contribution in [0.15, 0.2) is 67.0 Å². The fourth-order valence-corrected chi connectivity index (χ4v) is 3.95. The maximum atomic E-state index is 13.2. The Morgan fingerprint density at radius 3 is 2.56 bits per heavy atom. The summed E-state index contributed by atoms with van der Waals surface area (Å²) in [6.45, 7) is 1.17. The van der Waals surface area contributed by atoms with E-state index in [1.807, 2.05) is 42.5 Å². The molecule has 6 bridgehead atoms. The minimum absolute atomic E-state index is 0.328. The van der Waals surface area contributed by atoms with Gasteiger partial charge < -0.3 is 19.6 Å². The topological polar surface area (TPSA) is 95.3 Å². The molecule has 4 aromatic rings. The van der Waals surface area contributed by atoms with Gasteiger partial charge in [-0.25, -0.2) is 9.67 Å². The Kier molecular flexibility index (Phi) is 6.20. The van der Waals surface area contributed by atoms with Gasteiger partial charge in [-0.1, -0.05) is 12.1 Å². The van der Waals surface area contributed by atoms with E-state index in [4.69, 9.17) is 9.47 Å². The Balaban J connectivity index is 1.50. The van der Waals surface area contributed by atoms with Gasteiger partial charge in [-0.3, -0.25) is 4.79 Å². The van der Waals surface area contributed by atoms with Crippen LogP contribution in [0.2, 0.25) is 0 Å². The van der Waals surface area contributed by atoms with E-state index in [1.54, 1.807) is 29.2 Å². The number of benzene rings is 2. The molecular weight excluding hydrogens is 432 g/mol. The number of rotatable bonds is 1. The quantitative estimate of drug-likeness (QED) is 0.441. The number of nitrogens with zero attached hydrogens (tertiary/aromatic N) is 3. The summed E-state index contributed by atoms with van der Waals surface area (Å²) in [4.78, 5) is 29.3. The Morgan fingerprint density at radius 1 is 1.00 bits per heavy atom. The standard InChI is InChI=1S/C26H24N4O4/c31-17-20-14-18-5-7-21(8-6-18)33-12-1-2-13-34-22-9-10-24-19(15-22)16-28-30(24)25-23(26(32)29-20)4-3-11-27-25/h3-11,15-17,20H,1-2,12-14H2,(H,29,32)/t20-/m0/s1. The average Bonchev–Trinajstić information content (AvgIpc) is 3.29. The van der Waals surface area contributed by atoms with Crippen LogP contribution < -0.4 is 14.8 Å². The van der Waals surface area contributed by atoms with E-state index in [1.165, 1.54) is 0 Å². The number of amides is 1. The Bertz CT molecular complexity index is 1320. The first-order valence-electron chi connectivity index (χ1n) is 11.2. The normalized spacial score (nSPS) is 16.8. The molecule has 2 aromatic heterocycles. The number of pyridine rings is 1. The molecule has 0 fully saturated rings. The summed E-state index contributed by atoms with van der Waals surface area (Å²) in [6, 6.07) is 15.9. The van der Waals surface area contributed by atoms with Gasteiger partial charge in [0.2, 0.25) is 0 Å². The molecule has 8 nitrogen and oxygen atoms in total. The van der Waals surface area contributed by atoms with E-state index in [0.29, 0.717) is 31.0 Å². The van der Waals surface area contributed by atoms with E-state index in [0.717, 1.165) is 47.1 Å². The summed E-state index contributed by atoms with van der Waals surface area (Å²) in [5.74, 6) is 1.52. The summed E-state index contributed by atoms with van der Waals surface area (Å²) >= 11 is 0. The van der Waals surface area contributed by atoms with Crippen molar-refractivity contribution in [3.05, 3.63) is 78.1 Å². The lowest BCUT2D eigenvalue weighted by atomic mass is 10.1. The molecule has 0 saturated carbocycles. The van der Waals surface area contributed by atoms with Crippen LogP contribution in [-0.2, 0) is 11.2 Å². The molecule has 4 aliphatic rings. The van der Waals surface area contributed by atoms with Crippen molar-refractivity contribution in [2.75, 3.05) is 13.2 Å². The van der Waals surface area contributed by atoms with Gasteiger partial charge in [-0.05, 0) is 67.3 Å². The molecule has 8 heteroatoms. The molecule has 1 amide bonds. The summed E-state index contributed by atoms with van der Waals surface area (Å²) in [7, 11) is 0. The second kappa shape index (κ2) is 9.74. The van der Waals surface area contributed by atoms with Crippen LogP contribution in [0.3, 0.4) is 0 Å². The molecule has 172 valence electrons. The maximum Gasteiger partial charge on any atom is 0.255 e. The summed E-state index contributed by atoms with van der Waals surface area (Å²) in [6.07, 6.45) is 6.18. The molecule has 34 heavy (non-hydrogen) atoms. The van der Waals surface area contributed by atoms with Gasteiger partial charge in [-0.2, -0.15) is 5.10 Å². The van der Waals surface area contributed by atoms with Crippen molar-refractivity contribution in [1.29, 1.82) is 0 Å². The molecule has 1 atom stereocenters. The average molecular weight is 457 g/mol. The van der Waals surface area contributed by atoms with Crippen LogP contribution in [0, 0.1) is 0 Å². The highest BCUT2D eigenvalue weighted by Gasteiger charge is 2.20. The number of aromatic nitrogens is 3. The van der Waals surface area contributed by atoms with Gasteiger partial charge in [0.05, 0.1) is 36.5 Å². The van der Waals surface area contributed by atoms with Crippen LogP contribution in [0.25, 0.3) is 16.7 Å². The van der Waals surface area contributed by atoms with Gasteiger partial charge >= 0.3 is 0 Å². The van der Waals surface area contributed by atoms with Crippen molar-refractivity contribution in [2.45, 2.75) is 25.3 Å². The third-order valence-electron chi connectivity index (χ3n) is 5.71. The maximum absolute atomic E-state index is 13.2. The predicted octanol–water partition coefficient (Wildman–Crippen LogP) is 3.51. The lowest BCUT2D eigenvalue weighted by Gasteiger charge is -2.15. The Morgan fingerprint density at radius 2 is 1.76 bits per heavy atom. The molecule has 0 radical (unpaired) electrons. The predicted molar refractivity (Wildman–Crippen MR) is 127 cm³/mol. The zero-order valence-electron chi connectivity index (χ0n) is 18.5. The van der Waals surface area contributed by atoms with E-state index >= 15 is 0 Å². The van der Waals surface area contributed by atoms with E-state index < -0.39 is 11.9 Å². The zero-order chi connectivity index (χ0) is 23.3. The van der Waals surface area contributed by atoms with Crippen molar-refractivity contribution in [1.82, 2.24) is 20.1 Å². The lowest BCUT2D eigenvalue weighted by molar-refractivity contribution is -0.109. The lowest BCUT2D eigenvalue weighted by Crippen LogP contribution is -2.38. The number of carbonyl (C=O) groups excluding carboxylic acids is 2. The second-order valence-electron chi connectivity index (χ2n) is 8.12. The molecule has 0 unspecified atom stereocenters. The van der Waals surface area contributed by atoms with Crippen molar-refractivity contribution in [3.63, 3.8) is 0 Å². The number of hydrogen-bond donors (Lipinski definition) is 1. The van der Waals surface area contributed by atoms with Gasteiger partial charge in [0.1, 0.15) is 17.8 Å². The van der Waals surface area contributed by atoms with Crippen LogP contribution in [0.5, 0.6) is 11.5 Å². The number of hydrogen-bond acceptors (Lipinski definition) is 6. The van der Waals surface area contributed by atoms with Crippen molar-refractivity contribution < 1.29 is 19.1 Å². The SMILES string of the molecule is O=C[C@@H]1Cc2ccc(cc2)OCCCCOc2ccc3c(cnn3-c3ncccc3C(=O)N1)c2. The number of nitrogens with one attached hydrogen (secondary N) is 1. The first kappa shape index (κ1) is 21.6. The van der Waals surface area contributed by atoms with Crippen LogP contribution in [0.4, 0.5) is 0 Å². The fourth-order valence-electron chi connectivity index (χ4n) is 3.95. The Hall–Kier alpha value is -4.20. The third kappa shape index (κ3) is 4.61. The van der Waals surface area contributed by atoms with Gasteiger partial charge in [0.15, 0.2) is 5.82 Å². The molecular formula is C26H24N4O4. The van der Waals surface area contributed by atoms with E-state index in [-0.39, 0.29) is 0 Å². The van der Waals surface area contributed by atoms with Crippen LogP contribution in [0.1, 0.15) is 28.8 Å². The minimum atomic E-state index is -0.685. The zero-order valence-corrected chi connectivity index (χ0v) is 18.5. The molecule has 8 rings (SSSR count). The number of aldehydes is 1. The number of ether oxygens (including phenoxy) is 2. The molecule has 4 aliphatic heterocycles. The molecule has 2 aromatic carbocycles. The minimum Gasteiger partial charge on any atom is -0.494 e. The smallest absolute Gasteiger partial charge is 0.255 e. The van der Waals surface area contributed by atoms with Crippen molar-refractivity contribution in [3.8, 4) is 17.3 Å². The third-order valence-corrected chi connectivity index (χ3v) is 5.71. The van der Waals surface area contributed by atoms with Crippen LogP contribution in [-0.4, -0.2) is 46.2 Å². The number of carbonyl (C=O) groups is 2. The van der Waals surface area contributed by atoms with Crippen molar-refractivity contribution in [2.24, 2.45) is 0 Å². The molecule has 0 aliphatic carbocycles. The first-order valence-corrected chi connectivity index (χ1v) is 11.2. The highest BCUT2D eigenvalue weighted by atomic mass is 16.5. The molecule has 0 spiro atoms. The van der Waals surface area contributed by atoms with Gasteiger partial charge in [-0.15, -0.1) is 0 Å². The monoisotopic (exact) mass is 456 g/mol. The fraction of sp³-hybridized carbons (Fsp3) is 0.231. The van der Waals surface area contributed by atoms with E-state index in [9.17, 15) is 9.59 Å². The van der Waals surface area contributed by atoms with E-state index in [2.05, 4.69) is 15.4 Å². The first-order chi connectivity index (χ1) is 16.7. The second-order valence-corrected chi connectivity index (χ2v) is 8.12. The summed E-state index contributed by atoms with van der Waals surface area (Å²) in [5, 5.41) is 8.15. The highest BCUT2D eigenvalue weighted by molar-refractivity contribution is 5.99. The highest BCUT2D eigenvalue weighted by Crippen LogP contribution is 2.24. The van der Waals surface area contributed by atoms with Gasteiger partial charge in [0, 0.05) is 11.6 Å².